The molecule has 0 rings (SSSR count). The summed E-state index contributed by atoms with van der Waals surface area (Å²) in [4.78, 5) is 1.28. The fraction of sp³-hybridized carbons (Fsp3) is 0.429. The molecule has 0 aromatic rings. The van der Waals surface area contributed by atoms with E-state index in [1.54, 1.807) is 11.8 Å². The van der Waals surface area contributed by atoms with Crippen LogP contribution in [0.2, 0.25) is 0 Å². The largest absolute Gasteiger partial charge is 0.394 e. The van der Waals surface area contributed by atoms with Gasteiger partial charge in [-0.05, 0) is 25.5 Å². The van der Waals surface area contributed by atoms with Crippen molar-refractivity contribution in [1.29, 1.82) is 0 Å². The molecule has 0 aliphatic heterocycles. The Hall–Kier alpha value is -0.370. The molecule has 0 radical (unpaired) electrons. The Morgan fingerprint density at radius 1 is 1.56 bits per heavy atom. The van der Waals surface area contributed by atoms with Gasteiger partial charge < -0.3 is 5.32 Å². The summed E-state index contributed by atoms with van der Waals surface area (Å²) in [7, 11) is 1.89. The third-order valence-corrected chi connectivity index (χ3v) is 1.78. The summed E-state index contributed by atoms with van der Waals surface area (Å²) in [5.41, 5.74) is 0. The van der Waals surface area contributed by atoms with Gasteiger partial charge >= 0.3 is 0 Å². The molecule has 0 saturated carbocycles. The molecule has 0 aromatic carbocycles. The Bertz CT molecular complexity index is 116. The maximum atomic E-state index is 2.93. The van der Waals surface area contributed by atoms with E-state index in [1.165, 1.54) is 4.91 Å². The van der Waals surface area contributed by atoms with Crippen molar-refractivity contribution in [2.75, 3.05) is 13.3 Å². The fourth-order valence-corrected chi connectivity index (χ4v) is 0.887. The van der Waals surface area contributed by atoms with Crippen LogP contribution in [0, 0.1) is 0 Å². The summed E-state index contributed by atoms with van der Waals surface area (Å²) in [5, 5.41) is 2.93. The highest BCUT2D eigenvalue weighted by Gasteiger charge is 1.81. The average molecular weight is 143 g/mol. The minimum atomic E-state index is 1.28. The molecule has 1 N–H and O–H groups in total. The monoisotopic (exact) mass is 143 g/mol. The highest BCUT2D eigenvalue weighted by molar-refractivity contribution is 8.02. The van der Waals surface area contributed by atoms with Gasteiger partial charge in [0.2, 0.25) is 0 Å². The zero-order valence-electron chi connectivity index (χ0n) is 6.14. The molecule has 1 nitrogen and oxygen atoms in total. The van der Waals surface area contributed by atoms with Crippen molar-refractivity contribution in [3.63, 3.8) is 0 Å². The van der Waals surface area contributed by atoms with E-state index in [4.69, 9.17) is 0 Å². The summed E-state index contributed by atoms with van der Waals surface area (Å²) in [5.74, 6) is 0. The zero-order valence-corrected chi connectivity index (χ0v) is 6.96. The number of hydrogen-bond acceptors (Lipinski definition) is 2. The molecule has 0 fully saturated rings. The Labute approximate surface area is 61.2 Å². The second-order valence-corrected chi connectivity index (χ2v) is 2.40. The van der Waals surface area contributed by atoms with Gasteiger partial charge in [-0.15, -0.1) is 11.8 Å². The summed E-state index contributed by atoms with van der Waals surface area (Å²) in [6.07, 6.45) is 8.12. The number of rotatable bonds is 3. The molecule has 52 valence electrons. The van der Waals surface area contributed by atoms with Crippen LogP contribution in [0.5, 0.6) is 0 Å². The van der Waals surface area contributed by atoms with Gasteiger partial charge in [0.05, 0.1) is 0 Å². The molecule has 0 amide bonds. The third kappa shape index (κ3) is 4.15. The maximum absolute atomic E-state index is 2.93. The van der Waals surface area contributed by atoms with E-state index >= 15 is 0 Å². The van der Waals surface area contributed by atoms with Crippen molar-refractivity contribution < 1.29 is 0 Å². The molecular weight excluding hydrogens is 130 g/mol. The summed E-state index contributed by atoms with van der Waals surface area (Å²) in [6, 6.07) is 0. The van der Waals surface area contributed by atoms with Crippen molar-refractivity contribution in [2.24, 2.45) is 0 Å². The second kappa shape index (κ2) is 5.76. The zero-order chi connectivity index (χ0) is 7.11. The van der Waals surface area contributed by atoms with Crippen LogP contribution < -0.4 is 5.32 Å². The highest BCUT2D eigenvalue weighted by Crippen LogP contribution is 2.10. The number of hydrogen-bond donors (Lipinski definition) is 1. The van der Waals surface area contributed by atoms with Gasteiger partial charge in [0.15, 0.2) is 0 Å². The number of allylic oxidation sites excluding steroid dienone is 2. The smallest absolute Gasteiger partial charge is 0.00407 e. The quantitative estimate of drug-likeness (QED) is 0.606. The van der Waals surface area contributed by atoms with E-state index in [0.717, 1.165) is 0 Å². The Balaban J connectivity index is 3.70. The van der Waals surface area contributed by atoms with E-state index in [2.05, 4.69) is 17.6 Å². The lowest BCUT2D eigenvalue weighted by Crippen LogP contribution is -1.90. The van der Waals surface area contributed by atoms with Crippen LogP contribution in [0.4, 0.5) is 0 Å². The van der Waals surface area contributed by atoms with Crippen LogP contribution >= 0.6 is 11.8 Å². The molecule has 9 heavy (non-hydrogen) atoms. The standard InChI is InChI=1S/C7H13NS/c1-4-7(9-3)5-6-8-2/h4-6,8H,1-3H3/b6-5-,7-4+. The van der Waals surface area contributed by atoms with E-state index < -0.39 is 0 Å². The van der Waals surface area contributed by atoms with Crippen LogP contribution in [0.25, 0.3) is 0 Å². The van der Waals surface area contributed by atoms with Crippen LogP contribution in [-0.2, 0) is 0 Å². The first-order valence-electron chi connectivity index (χ1n) is 2.89. The lowest BCUT2D eigenvalue weighted by Gasteiger charge is -1.92. The van der Waals surface area contributed by atoms with E-state index in [9.17, 15) is 0 Å². The van der Waals surface area contributed by atoms with Crippen molar-refractivity contribution in [3.05, 3.63) is 23.3 Å². The lowest BCUT2D eigenvalue weighted by molar-refractivity contribution is 1.10. The second-order valence-electron chi connectivity index (χ2n) is 1.52. The van der Waals surface area contributed by atoms with E-state index in [1.807, 2.05) is 26.2 Å². The van der Waals surface area contributed by atoms with Gasteiger partial charge in [0.1, 0.15) is 0 Å². The van der Waals surface area contributed by atoms with Gasteiger partial charge in [-0.3, -0.25) is 0 Å². The molecule has 2 heteroatoms. The average Bonchev–Trinajstić information content (AvgIpc) is 1.91. The molecule has 0 heterocycles. The van der Waals surface area contributed by atoms with Crippen LogP contribution in [0.3, 0.4) is 0 Å². The number of thioether (sulfide) groups is 1. The van der Waals surface area contributed by atoms with Crippen molar-refractivity contribution in [2.45, 2.75) is 6.92 Å². The van der Waals surface area contributed by atoms with Crippen LogP contribution in [-0.4, -0.2) is 13.3 Å². The molecular formula is C7H13NS. The van der Waals surface area contributed by atoms with Crippen molar-refractivity contribution in [3.8, 4) is 0 Å². The van der Waals surface area contributed by atoms with Gasteiger partial charge in [0, 0.05) is 12.0 Å². The number of nitrogens with one attached hydrogen (secondary N) is 1. The topological polar surface area (TPSA) is 12.0 Å². The molecule has 0 unspecified atom stereocenters. The molecule has 0 spiro atoms. The third-order valence-electron chi connectivity index (χ3n) is 0.934. The Kier molecular flexibility index (Phi) is 5.52. The fourth-order valence-electron chi connectivity index (χ4n) is 0.448. The van der Waals surface area contributed by atoms with Crippen molar-refractivity contribution in [1.82, 2.24) is 5.32 Å². The highest BCUT2D eigenvalue weighted by atomic mass is 32.2. The molecule has 0 saturated heterocycles. The molecule has 0 aliphatic rings. The summed E-state index contributed by atoms with van der Waals surface area (Å²) >= 11 is 1.74. The molecule has 0 bridgehead atoms. The predicted octanol–water partition coefficient (Wildman–Crippen LogP) is 1.99. The minimum Gasteiger partial charge on any atom is -0.394 e. The Morgan fingerprint density at radius 2 is 2.22 bits per heavy atom. The first-order chi connectivity index (χ1) is 4.35. The summed E-state index contributed by atoms with van der Waals surface area (Å²) in [6.45, 7) is 2.03. The maximum Gasteiger partial charge on any atom is 0.00407 e. The SMILES string of the molecule is C/C=C(\C=C/NC)SC. The predicted molar refractivity (Wildman–Crippen MR) is 45.5 cm³/mol. The normalized spacial score (nSPS) is 12.6. The Morgan fingerprint density at radius 3 is 2.56 bits per heavy atom. The van der Waals surface area contributed by atoms with Gasteiger partial charge in [-0.1, -0.05) is 6.08 Å². The first-order valence-corrected chi connectivity index (χ1v) is 4.11. The van der Waals surface area contributed by atoms with E-state index in [-0.39, 0.29) is 0 Å². The summed E-state index contributed by atoms with van der Waals surface area (Å²) < 4.78 is 0. The van der Waals surface area contributed by atoms with Crippen molar-refractivity contribution >= 4 is 11.8 Å². The molecule has 0 aromatic heterocycles. The molecule has 0 aliphatic carbocycles. The van der Waals surface area contributed by atoms with Gasteiger partial charge in [-0.2, -0.15) is 0 Å². The van der Waals surface area contributed by atoms with Crippen LogP contribution in [0.1, 0.15) is 6.92 Å². The van der Waals surface area contributed by atoms with Gasteiger partial charge in [-0.25, -0.2) is 0 Å². The van der Waals surface area contributed by atoms with E-state index in [0.29, 0.717) is 0 Å². The molecule has 0 atom stereocenters. The van der Waals surface area contributed by atoms with Gasteiger partial charge in [0.25, 0.3) is 0 Å². The minimum absolute atomic E-state index is 1.28. The van der Waals surface area contributed by atoms with Crippen LogP contribution in [0.15, 0.2) is 23.3 Å². The lowest BCUT2D eigenvalue weighted by atomic mass is 10.5. The first kappa shape index (κ1) is 8.63.